The van der Waals surface area contributed by atoms with Crippen molar-refractivity contribution in [3.8, 4) is 0 Å². The molecule has 1 atom stereocenters. The van der Waals surface area contributed by atoms with Crippen LogP contribution in [0.5, 0.6) is 0 Å². The molecule has 0 bridgehead atoms. The second kappa shape index (κ2) is 7.36. The quantitative estimate of drug-likeness (QED) is 0.685. The zero-order valence-corrected chi connectivity index (χ0v) is 15.4. The highest BCUT2D eigenvalue weighted by Crippen LogP contribution is 2.28. The van der Waals surface area contributed by atoms with Crippen LogP contribution in [0.25, 0.3) is 0 Å². The SMILES string of the molecule is CC(C(=O)N1CCC(c2nccn2Cc2cscn2)CC1)n1cncn1. The zero-order valence-electron chi connectivity index (χ0n) is 14.6. The number of piperidine rings is 1. The molecule has 1 saturated heterocycles. The van der Waals surface area contributed by atoms with Gasteiger partial charge in [-0.05, 0) is 19.8 Å². The summed E-state index contributed by atoms with van der Waals surface area (Å²) in [7, 11) is 0. The minimum absolute atomic E-state index is 0.0970. The number of rotatable bonds is 5. The smallest absolute Gasteiger partial charge is 0.247 e. The Morgan fingerprint density at radius 1 is 1.35 bits per heavy atom. The number of thiazole rings is 1. The Labute approximate surface area is 155 Å². The molecule has 1 aliphatic heterocycles. The summed E-state index contributed by atoms with van der Waals surface area (Å²) >= 11 is 1.61. The molecule has 8 nitrogen and oxygen atoms in total. The second-order valence-electron chi connectivity index (χ2n) is 6.54. The van der Waals surface area contributed by atoms with Crippen LogP contribution in [0.15, 0.2) is 35.9 Å². The molecule has 0 saturated carbocycles. The molecule has 4 heterocycles. The van der Waals surface area contributed by atoms with E-state index in [1.807, 2.05) is 29.7 Å². The molecule has 0 N–H and O–H groups in total. The molecule has 3 aromatic heterocycles. The van der Waals surface area contributed by atoms with Gasteiger partial charge in [-0.1, -0.05) is 0 Å². The summed E-state index contributed by atoms with van der Waals surface area (Å²) in [4.78, 5) is 27.5. The van der Waals surface area contributed by atoms with Crippen LogP contribution in [0.4, 0.5) is 0 Å². The van der Waals surface area contributed by atoms with Crippen molar-refractivity contribution in [1.82, 2.24) is 34.2 Å². The number of amides is 1. The summed E-state index contributed by atoms with van der Waals surface area (Å²) in [6.07, 6.45) is 8.75. The number of hydrogen-bond donors (Lipinski definition) is 0. The van der Waals surface area contributed by atoms with E-state index in [-0.39, 0.29) is 11.9 Å². The van der Waals surface area contributed by atoms with Gasteiger partial charge >= 0.3 is 0 Å². The Kier molecular flexibility index (Phi) is 4.79. The van der Waals surface area contributed by atoms with Crippen molar-refractivity contribution in [2.24, 2.45) is 0 Å². The van der Waals surface area contributed by atoms with Crippen LogP contribution < -0.4 is 0 Å². The Morgan fingerprint density at radius 2 is 2.19 bits per heavy atom. The third-order valence-electron chi connectivity index (χ3n) is 4.93. The summed E-state index contributed by atoms with van der Waals surface area (Å²) < 4.78 is 3.78. The predicted octanol–water partition coefficient (Wildman–Crippen LogP) is 1.95. The third-order valence-corrected chi connectivity index (χ3v) is 5.56. The van der Waals surface area contributed by atoms with Gasteiger partial charge in [0.1, 0.15) is 24.5 Å². The van der Waals surface area contributed by atoms with E-state index in [0.29, 0.717) is 5.92 Å². The maximum atomic E-state index is 12.7. The first-order valence-electron chi connectivity index (χ1n) is 8.73. The lowest BCUT2D eigenvalue weighted by Crippen LogP contribution is -2.41. The van der Waals surface area contributed by atoms with E-state index in [1.54, 1.807) is 22.3 Å². The van der Waals surface area contributed by atoms with Crippen LogP contribution in [0.2, 0.25) is 0 Å². The van der Waals surface area contributed by atoms with Crippen molar-refractivity contribution in [2.45, 2.75) is 38.3 Å². The van der Waals surface area contributed by atoms with E-state index >= 15 is 0 Å². The minimum Gasteiger partial charge on any atom is -0.341 e. The van der Waals surface area contributed by atoms with E-state index in [2.05, 4.69) is 30.0 Å². The minimum atomic E-state index is -0.319. The molecule has 26 heavy (non-hydrogen) atoms. The van der Waals surface area contributed by atoms with Crippen molar-refractivity contribution in [2.75, 3.05) is 13.1 Å². The Hall–Kier alpha value is -2.55. The molecule has 1 aliphatic rings. The van der Waals surface area contributed by atoms with Gasteiger partial charge in [0.15, 0.2) is 0 Å². The van der Waals surface area contributed by atoms with Crippen LogP contribution >= 0.6 is 11.3 Å². The topological polar surface area (TPSA) is 81.7 Å². The first-order valence-corrected chi connectivity index (χ1v) is 9.67. The Bertz CT molecular complexity index is 834. The van der Waals surface area contributed by atoms with Crippen LogP contribution in [-0.4, -0.2) is 53.2 Å². The fraction of sp³-hybridized carbons (Fsp3) is 0.471. The van der Waals surface area contributed by atoms with Gasteiger partial charge in [-0.25, -0.2) is 19.6 Å². The van der Waals surface area contributed by atoms with E-state index in [9.17, 15) is 4.79 Å². The molecule has 0 aliphatic carbocycles. The van der Waals surface area contributed by atoms with Gasteiger partial charge in [0.25, 0.3) is 0 Å². The lowest BCUT2D eigenvalue weighted by atomic mass is 9.95. The maximum absolute atomic E-state index is 12.7. The molecular formula is C17H21N7OS. The standard InChI is InChI=1S/C17H21N7OS/c1-13(24-11-18-10-21-24)17(25)22-5-2-14(3-6-22)16-19-4-7-23(16)8-15-9-26-12-20-15/h4,7,9-14H,2-3,5-6,8H2,1H3. The van der Waals surface area contributed by atoms with Crippen LogP contribution in [0, 0.1) is 0 Å². The Morgan fingerprint density at radius 3 is 2.88 bits per heavy atom. The number of imidazole rings is 1. The number of hydrogen-bond acceptors (Lipinski definition) is 6. The highest BCUT2D eigenvalue weighted by Gasteiger charge is 2.29. The Balaban J connectivity index is 1.38. The number of likely N-dealkylation sites (tertiary alicyclic amines) is 1. The highest BCUT2D eigenvalue weighted by atomic mass is 32.1. The average molecular weight is 371 g/mol. The number of carbonyl (C=O) groups excluding carboxylic acids is 1. The van der Waals surface area contributed by atoms with Gasteiger partial charge in [-0.15, -0.1) is 11.3 Å². The summed E-state index contributed by atoms with van der Waals surface area (Å²) in [6, 6.07) is -0.319. The average Bonchev–Trinajstić information content (AvgIpc) is 3.43. The van der Waals surface area contributed by atoms with E-state index < -0.39 is 0 Å². The van der Waals surface area contributed by atoms with E-state index in [1.165, 1.54) is 6.33 Å². The number of carbonyl (C=O) groups is 1. The summed E-state index contributed by atoms with van der Waals surface area (Å²) in [5.41, 5.74) is 2.91. The summed E-state index contributed by atoms with van der Waals surface area (Å²) in [6.45, 7) is 4.10. The largest absolute Gasteiger partial charge is 0.341 e. The van der Waals surface area contributed by atoms with Gasteiger partial charge in [0.2, 0.25) is 5.91 Å². The van der Waals surface area contributed by atoms with Crippen molar-refractivity contribution in [3.63, 3.8) is 0 Å². The van der Waals surface area contributed by atoms with Gasteiger partial charge < -0.3 is 9.47 Å². The molecule has 1 amide bonds. The molecule has 1 fully saturated rings. The summed E-state index contributed by atoms with van der Waals surface area (Å²) in [5.74, 6) is 1.56. The van der Waals surface area contributed by atoms with Crippen LogP contribution in [0.1, 0.15) is 43.2 Å². The van der Waals surface area contributed by atoms with Crippen LogP contribution in [0.3, 0.4) is 0 Å². The molecule has 1 unspecified atom stereocenters. The van der Waals surface area contributed by atoms with Crippen molar-refractivity contribution in [1.29, 1.82) is 0 Å². The fourth-order valence-corrected chi connectivity index (χ4v) is 4.01. The highest BCUT2D eigenvalue weighted by molar-refractivity contribution is 7.07. The van der Waals surface area contributed by atoms with E-state index in [0.717, 1.165) is 44.0 Å². The fourth-order valence-electron chi connectivity index (χ4n) is 3.46. The number of nitrogens with zero attached hydrogens (tertiary/aromatic N) is 7. The first kappa shape index (κ1) is 16.9. The van der Waals surface area contributed by atoms with Gasteiger partial charge in [0, 0.05) is 36.8 Å². The first-order chi connectivity index (χ1) is 12.7. The van der Waals surface area contributed by atoms with Gasteiger partial charge in [-0.2, -0.15) is 5.10 Å². The molecule has 0 spiro atoms. The molecule has 0 aromatic carbocycles. The second-order valence-corrected chi connectivity index (χ2v) is 7.26. The lowest BCUT2D eigenvalue weighted by molar-refractivity contribution is -0.135. The molecule has 4 rings (SSSR count). The zero-order chi connectivity index (χ0) is 17.9. The molecule has 3 aromatic rings. The normalized spacial score (nSPS) is 16.7. The number of aromatic nitrogens is 6. The van der Waals surface area contributed by atoms with E-state index in [4.69, 9.17) is 0 Å². The van der Waals surface area contributed by atoms with Crippen molar-refractivity contribution < 1.29 is 4.79 Å². The predicted molar refractivity (Wildman–Crippen MR) is 96.7 cm³/mol. The molecule has 0 radical (unpaired) electrons. The summed E-state index contributed by atoms with van der Waals surface area (Å²) in [5, 5.41) is 6.14. The van der Waals surface area contributed by atoms with Crippen molar-refractivity contribution >= 4 is 17.2 Å². The van der Waals surface area contributed by atoms with Crippen LogP contribution in [-0.2, 0) is 11.3 Å². The van der Waals surface area contributed by atoms with Crippen molar-refractivity contribution in [3.05, 3.63) is 47.5 Å². The van der Waals surface area contributed by atoms with Gasteiger partial charge in [-0.3, -0.25) is 4.79 Å². The lowest BCUT2D eigenvalue weighted by Gasteiger charge is -2.33. The molecule has 9 heteroatoms. The molecule has 136 valence electrons. The third kappa shape index (κ3) is 3.39. The van der Waals surface area contributed by atoms with Gasteiger partial charge in [0.05, 0.1) is 17.7 Å². The molecular weight excluding hydrogens is 350 g/mol. The monoisotopic (exact) mass is 371 g/mol. The maximum Gasteiger partial charge on any atom is 0.247 e.